The molecule has 6 nitrogen and oxygen atoms in total. The maximum Gasteiger partial charge on any atom is 0.330 e. The summed E-state index contributed by atoms with van der Waals surface area (Å²) in [5, 5.41) is 11.8. The van der Waals surface area contributed by atoms with Gasteiger partial charge in [0.15, 0.2) is 0 Å². The van der Waals surface area contributed by atoms with Crippen LogP contribution in [0.5, 0.6) is 0 Å². The van der Waals surface area contributed by atoms with Gasteiger partial charge in [-0.1, -0.05) is 12.8 Å². The molecule has 6 heteroatoms. The number of esters is 1. The van der Waals surface area contributed by atoms with Crippen molar-refractivity contribution in [2.24, 2.45) is 5.41 Å². The molecule has 0 unspecified atom stereocenters. The van der Waals surface area contributed by atoms with Crippen LogP contribution in [-0.2, 0) is 19.1 Å². The van der Waals surface area contributed by atoms with Gasteiger partial charge in [0.2, 0.25) is 5.91 Å². The molecule has 2 N–H and O–H groups in total. The number of aliphatic carboxylic acids is 1. The van der Waals surface area contributed by atoms with E-state index in [1.165, 1.54) is 21.0 Å². The Balaban J connectivity index is 2.69. The number of rotatable bonds is 5. The van der Waals surface area contributed by atoms with E-state index in [9.17, 15) is 19.5 Å². The number of hydrogen-bond acceptors (Lipinski definition) is 4. The summed E-state index contributed by atoms with van der Waals surface area (Å²) in [5.41, 5.74) is -2.12. The van der Waals surface area contributed by atoms with Crippen molar-refractivity contribution in [3.8, 4) is 0 Å². The van der Waals surface area contributed by atoms with Crippen LogP contribution in [0.4, 0.5) is 0 Å². The lowest BCUT2D eigenvalue weighted by molar-refractivity contribution is -0.153. The zero-order valence-electron chi connectivity index (χ0n) is 11.6. The monoisotopic (exact) mass is 271 g/mol. The first-order valence-electron chi connectivity index (χ1n) is 6.36. The number of methoxy groups -OCH3 is 1. The molecule has 1 fully saturated rings. The molecule has 19 heavy (non-hydrogen) atoms. The van der Waals surface area contributed by atoms with Gasteiger partial charge < -0.3 is 15.2 Å². The van der Waals surface area contributed by atoms with Crippen molar-refractivity contribution in [2.45, 2.75) is 51.5 Å². The smallest absolute Gasteiger partial charge is 0.330 e. The first kappa shape index (κ1) is 15.5. The van der Waals surface area contributed by atoms with Gasteiger partial charge in [0.05, 0.1) is 12.5 Å². The summed E-state index contributed by atoms with van der Waals surface area (Å²) >= 11 is 0. The number of carbonyl (C=O) groups is 3. The van der Waals surface area contributed by atoms with E-state index < -0.39 is 28.8 Å². The minimum Gasteiger partial charge on any atom is -0.481 e. The van der Waals surface area contributed by atoms with E-state index in [2.05, 4.69) is 10.1 Å². The van der Waals surface area contributed by atoms with E-state index in [0.717, 1.165) is 12.8 Å². The van der Waals surface area contributed by atoms with E-state index in [1.54, 1.807) is 0 Å². The molecule has 0 spiro atoms. The van der Waals surface area contributed by atoms with E-state index in [0.29, 0.717) is 12.8 Å². The number of carboxylic acids is 1. The summed E-state index contributed by atoms with van der Waals surface area (Å²) in [6.45, 7) is 3.05. The van der Waals surface area contributed by atoms with Gasteiger partial charge in [0.1, 0.15) is 5.54 Å². The Kier molecular flexibility index (Phi) is 4.55. The maximum absolute atomic E-state index is 12.0. The molecule has 1 aliphatic rings. The van der Waals surface area contributed by atoms with Crippen LogP contribution in [0.3, 0.4) is 0 Å². The highest BCUT2D eigenvalue weighted by Gasteiger charge is 2.44. The number of nitrogens with one attached hydrogen (secondary N) is 1. The fourth-order valence-electron chi connectivity index (χ4n) is 2.52. The summed E-state index contributed by atoms with van der Waals surface area (Å²) in [7, 11) is 1.24. The van der Waals surface area contributed by atoms with Crippen molar-refractivity contribution in [1.82, 2.24) is 5.32 Å². The highest BCUT2D eigenvalue weighted by molar-refractivity contribution is 5.90. The number of carbonyl (C=O) groups excluding carboxylic acids is 2. The average Bonchev–Trinajstić information content (AvgIpc) is 2.76. The summed E-state index contributed by atoms with van der Waals surface area (Å²) in [5.74, 6) is -1.92. The summed E-state index contributed by atoms with van der Waals surface area (Å²) in [6.07, 6.45) is 2.56. The number of ether oxygens (including phenoxy) is 1. The third kappa shape index (κ3) is 3.45. The van der Waals surface area contributed by atoms with Crippen molar-refractivity contribution in [2.75, 3.05) is 7.11 Å². The predicted molar refractivity (Wildman–Crippen MR) is 67.4 cm³/mol. The fraction of sp³-hybridized carbons (Fsp3) is 0.769. The minimum absolute atomic E-state index is 0.0945. The third-order valence-electron chi connectivity index (χ3n) is 3.66. The van der Waals surface area contributed by atoms with E-state index in [4.69, 9.17) is 0 Å². The molecule has 0 atom stereocenters. The zero-order chi connectivity index (χ0) is 14.7. The molecule has 1 saturated carbocycles. The van der Waals surface area contributed by atoms with Crippen molar-refractivity contribution in [3.63, 3.8) is 0 Å². The Bertz CT molecular complexity index is 382. The topological polar surface area (TPSA) is 92.7 Å². The fourth-order valence-corrected chi connectivity index (χ4v) is 2.52. The highest BCUT2D eigenvalue weighted by atomic mass is 16.5. The molecule has 0 aliphatic heterocycles. The average molecular weight is 271 g/mol. The Hall–Kier alpha value is -1.59. The Morgan fingerprint density at radius 1 is 1.26 bits per heavy atom. The molecule has 0 saturated heterocycles. The molecule has 1 aliphatic carbocycles. The molecule has 0 heterocycles. The quantitative estimate of drug-likeness (QED) is 0.730. The van der Waals surface area contributed by atoms with Gasteiger partial charge in [-0.05, 0) is 26.7 Å². The van der Waals surface area contributed by atoms with E-state index in [-0.39, 0.29) is 6.42 Å². The Morgan fingerprint density at radius 2 is 1.79 bits per heavy atom. The summed E-state index contributed by atoms with van der Waals surface area (Å²) in [4.78, 5) is 34.8. The molecule has 108 valence electrons. The number of hydrogen-bond donors (Lipinski definition) is 2. The van der Waals surface area contributed by atoms with Crippen LogP contribution in [0.2, 0.25) is 0 Å². The van der Waals surface area contributed by atoms with Crippen molar-refractivity contribution in [1.29, 1.82) is 0 Å². The Morgan fingerprint density at radius 3 is 2.21 bits per heavy atom. The highest BCUT2D eigenvalue weighted by Crippen LogP contribution is 2.41. The molecule has 0 radical (unpaired) electrons. The van der Waals surface area contributed by atoms with Crippen molar-refractivity contribution < 1.29 is 24.2 Å². The van der Waals surface area contributed by atoms with Crippen LogP contribution in [0.15, 0.2) is 0 Å². The van der Waals surface area contributed by atoms with Crippen LogP contribution >= 0.6 is 0 Å². The van der Waals surface area contributed by atoms with Gasteiger partial charge in [-0.15, -0.1) is 0 Å². The second kappa shape index (κ2) is 5.59. The van der Waals surface area contributed by atoms with Crippen LogP contribution in [0, 0.1) is 5.41 Å². The van der Waals surface area contributed by atoms with Gasteiger partial charge in [0, 0.05) is 6.42 Å². The summed E-state index contributed by atoms with van der Waals surface area (Å²) in [6, 6.07) is 0. The maximum atomic E-state index is 12.0. The van der Waals surface area contributed by atoms with Gasteiger partial charge >= 0.3 is 11.9 Å². The predicted octanol–water partition coefficient (Wildman–Crippen LogP) is 1.09. The van der Waals surface area contributed by atoms with Crippen LogP contribution in [0.25, 0.3) is 0 Å². The molecule has 1 amide bonds. The second-order valence-electron chi connectivity index (χ2n) is 5.63. The lowest BCUT2D eigenvalue weighted by Gasteiger charge is -2.27. The standard InChI is InChI=1S/C13H21NO5/c1-12(2,11(18)19-3)14-9(15)8-13(10(16)17)6-4-5-7-13/h4-8H2,1-3H3,(H,14,15)(H,16,17). The molecule has 1 rings (SSSR count). The molecule has 0 bridgehead atoms. The van der Waals surface area contributed by atoms with Crippen molar-refractivity contribution >= 4 is 17.8 Å². The normalized spacial score (nSPS) is 17.8. The molecule has 0 aromatic heterocycles. The second-order valence-corrected chi connectivity index (χ2v) is 5.63. The largest absolute Gasteiger partial charge is 0.481 e. The summed E-state index contributed by atoms with van der Waals surface area (Å²) < 4.78 is 4.59. The molecular formula is C13H21NO5. The molecule has 0 aromatic carbocycles. The van der Waals surface area contributed by atoms with Gasteiger partial charge in [-0.25, -0.2) is 4.79 Å². The zero-order valence-corrected chi connectivity index (χ0v) is 11.6. The van der Waals surface area contributed by atoms with Crippen LogP contribution in [0.1, 0.15) is 46.0 Å². The van der Waals surface area contributed by atoms with Crippen LogP contribution < -0.4 is 5.32 Å². The van der Waals surface area contributed by atoms with E-state index >= 15 is 0 Å². The molecule has 0 aromatic rings. The lowest BCUT2D eigenvalue weighted by atomic mass is 9.82. The SMILES string of the molecule is COC(=O)C(C)(C)NC(=O)CC1(C(=O)O)CCCC1. The van der Waals surface area contributed by atoms with Gasteiger partial charge in [0.25, 0.3) is 0 Å². The number of carboxylic acid groups (broad SMARTS) is 1. The minimum atomic E-state index is -1.15. The first-order valence-corrected chi connectivity index (χ1v) is 6.36. The van der Waals surface area contributed by atoms with Crippen LogP contribution in [-0.4, -0.2) is 35.6 Å². The molecular weight excluding hydrogens is 250 g/mol. The van der Waals surface area contributed by atoms with Gasteiger partial charge in [-0.3, -0.25) is 9.59 Å². The first-order chi connectivity index (χ1) is 8.73. The number of amides is 1. The van der Waals surface area contributed by atoms with Gasteiger partial charge in [-0.2, -0.15) is 0 Å². The third-order valence-corrected chi connectivity index (χ3v) is 3.66. The van der Waals surface area contributed by atoms with E-state index in [1.807, 2.05) is 0 Å². The Labute approximate surface area is 112 Å². The lowest BCUT2D eigenvalue weighted by Crippen LogP contribution is -2.51. The van der Waals surface area contributed by atoms with Crippen molar-refractivity contribution in [3.05, 3.63) is 0 Å².